The first-order valence-corrected chi connectivity index (χ1v) is 7.28. The number of amides is 1. The fourth-order valence-electron chi connectivity index (χ4n) is 2.98. The van der Waals surface area contributed by atoms with Crippen molar-refractivity contribution in [2.75, 3.05) is 5.32 Å². The van der Waals surface area contributed by atoms with Gasteiger partial charge in [-0.2, -0.15) is 5.10 Å². The van der Waals surface area contributed by atoms with Crippen molar-refractivity contribution >= 4 is 11.6 Å². The molecule has 0 aliphatic heterocycles. The monoisotopic (exact) mass is 284 g/mol. The van der Waals surface area contributed by atoms with Gasteiger partial charge in [0, 0.05) is 24.0 Å². The molecule has 1 heterocycles. The molecule has 5 nitrogen and oxygen atoms in total. The molecule has 0 saturated carbocycles. The fourth-order valence-corrected chi connectivity index (χ4v) is 2.98. The molecule has 2 aromatic rings. The van der Waals surface area contributed by atoms with Crippen LogP contribution in [0.25, 0.3) is 0 Å². The lowest BCUT2D eigenvalue weighted by Crippen LogP contribution is -2.18. The number of primary amides is 1. The largest absolute Gasteiger partial charge is 0.378 e. The van der Waals surface area contributed by atoms with Gasteiger partial charge in [0.2, 0.25) is 5.91 Å². The van der Waals surface area contributed by atoms with Gasteiger partial charge in [-0.05, 0) is 37.0 Å². The van der Waals surface area contributed by atoms with E-state index in [1.807, 2.05) is 42.2 Å². The average molecular weight is 284 g/mol. The molecule has 1 aliphatic carbocycles. The minimum absolute atomic E-state index is 0.288. The van der Waals surface area contributed by atoms with Crippen LogP contribution in [0.5, 0.6) is 0 Å². The summed E-state index contributed by atoms with van der Waals surface area (Å²) in [5.74, 6) is -0.303. The van der Waals surface area contributed by atoms with Crippen LogP contribution in [-0.2, 0) is 24.7 Å². The Kier molecular flexibility index (Phi) is 3.64. The Morgan fingerprint density at radius 2 is 2.19 bits per heavy atom. The number of nitrogens with two attached hydrogens (primary N) is 1. The van der Waals surface area contributed by atoms with Gasteiger partial charge in [0.15, 0.2) is 0 Å². The molecule has 110 valence electrons. The third-order valence-corrected chi connectivity index (χ3v) is 4.05. The van der Waals surface area contributed by atoms with E-state index >= 15 is 0 Å². The van der Waals surface area contributed by atoms with E-state index in [0.717, 1.165) is 24.1 Å². The van der Waals surface area contributed by atoms with Gasteiger partial charge in [-0.1, -0.05) is 12.1 Å². The fraction of sp³-hybridized carbons (Fsp3) is 0.375. The molecule has 1 unspecified atom stereocenters. The molecular weight excluding hydrogens is 264 g/mol. The van der Waals surface area contributed by atoms with Gasteiger partial charge >= 0.3 is 0 Å². The second-order valence-electron chi connectivity index (χ2n) is 5.60. The zero-order chi connectivity index (χ0) is 14.8. The Bertz CT molecular complexity index is 645. The summed E-state index contributed by atoms with van der Waals surface area (Å²) in [4.78, 5) is 10.9. The molecule has 3 rings (SSSR count). The van der Waals surface area contributed by atoms with E-state index in [-0.39, 0.29) is 12.3 Å². The number of nitrogens with zero attached hydrogens (tertiary/aromatic N) is 2. The Balaban J connectivity index is 1.74. The highest BCUT2D eigenvalue weighted by Gasteiger charge is 2.23. The first kappa shape index (κ1) is 13.7. The van der Waals surface area contributed by atoms with Crippen LogP contribution in [0, 0.1) is 0 Å². The van der Waals surface area contributed by atoms with Gasteiger partial charge in [0.05, 0.1) is 18.7 Å². The summed E-state index contributed by atoms with van der Waals surface area (Å²) in [6.07, 6.45) is 5.64. The summed E-state index contributed by atoms with van der Waals surface area (Å²) < 4.78 is 1.97. The summed E-state index contributed by atoms with van der Waals surface area (Å²) >= 11 is 0. The normalized spacial score (nSPS) is 17.3. The number of benzene rings is 1. The van der Waals surface area contributed by atoms with Gasteiger partial charge in [0.25, 0.3) is 0 Å². The maximum atomic E-state index is 10.9. The summed E-state index contributed by atoms with van der Waals surface area (Å²) in [7, 11) is 2.00. The molecule has 0 bridgehead atoms. The number of carbonyl (C=O) groups is 1. The summed E-state index contributed by atoms with van der Waals surface area (Å²) in [6, 6.07) is 8.20. The van der Waals surface area contributed by atoms with Crippen molar-refractivity contribution in [3.05, 3.63) is 47.3 Å². The number of anilines is 1. The number of hydrogen-bond acceptors (Lipinski definition) is 3. The van der Waals surface area contributed by atoms with Gasteiger partial charge in [-0.15, -0.1) is 0 Å². The van der Waals surface area contributed by atoms with Crippen LogP contribution in [-0.4, -0.2) is 15.7 Å². The Labute approximate surface area is 124 Å². The third kappa shape index (κ3) is 2.91. The highest BCUT2D eigenvalue weighted by atomic mass is 16.1. The lowest BCUT2D eigenvalue weighted by Gasteiger charge is -2.24. The SMILES string of the molecule is Cn1ncc2c1CCCC2Nc1ccc(CC(N)=O)cc1. The van der Waals surface area contributed by atoms with Crippen LogP contribution >= 0.6 is 0 Å². The molecule has 1 amide bonds. The molecule has 3 N–H and O–H groups in total. The maximum absolute atomic E-state index is 10.9. The number of fused-ring (bicyclic) bond motifs is 1. The number of aryl methyl sites for hydroxylation is 1. The van der Waals surface area contributed by atoms with Crippen LogP contribution in [0.4, 0.5) is 5.69 Å². The van der Waals surface area contributed by atoms with Crippen molar-refractivity contribution in [1.82, 2.24) is 9.78 Å². The van der Waals surface area contributed by atoms with E-state index in [0.29, 0.717) is 6.04 Å². The van der Waals surface area contributed by atoms with E-state index in [2.05, 4.69) is 10.4 Å². The van der Waals surface area contributed by atoms with Gasteiger partial charge in [-0.3, -0.25) is 9.48 Å². The van der Waals surface area contributed by atoms with Gasteiger partial charge in [0.1, 0.15) is 0 Å². The van der Waals surface area contributed by atoms with Crippen molar-refractivity contribution < 1.29 is 4.79 Å². The number of aromatic nitrogens is 2. The highest BCUT2D eigenvalue weighted by molar-refractivity contribution is 5.76. The van der Waals surface area contributed by atoms with E-state index < -0.39 is 0 Å². The zero-order valence-electron chi connectivity index (χ0n) is 12.2. The first-order chi connectivity index (χ1) is 10.1. The Morgan fingerprint density at radius 3 is 2.90 bits per heavy atom. The Morgan fingerprint density at radius 1 is 1.43 bits per heavy atom. The number of nitrogens with one attached hydrogen (secondary N) is 1. The van der Waals surface area contributed by atoms with E-state index in [1.54, 1.807) is 0 Å². The molecule has 0 saturated heterocycles. The van der Waals surface area contributed by atoms with Crippen molar-refractivity contribution in [1.29, 1.82) is 0 Å². The van der Waals surface area contributed by atoms with Crippen molar-refractivity contribution in [2.24, 2.45) is 12.8 Å². The zero-order valence-corrected chi connectivity index (χ0v) is 12.2. The molecule has 1 aromatic heterocycles. The molecule has 0 radical (unpaired) electrons. The molecule has 0 fully saturated rings. The minimum Gasteiger partial charge on any atom is -0.378 e. The van der Waals surface area contributed by atoms with Crippen LogP contribution in [0.1, 0.15) is 35.7 Å². The van der Waals surface area contributed by atoms with E-state index in [4.69, 9.17) is 5.73 Å². The second-order valence-corrected chi connectivity index (χ2v) is 5.60. The first-order valence-electron chi connectivity index (χ1n) is 7.28. The summed E-state index contributed by atoms with van der Waals surface area (Å²) in [5.41, 5.74) is 9.83. The number of hydrogen-bond donors (Lipinski definition) is 2. The van der Waals surface area contributed by atoms with Crippen LogP contribution < -0.4 is 11.1 Å². The third-order valence-electron chi connectivity index (χ3n) is 4.05. The van der Waals surface area contributed by atoms with Crippen molar-refractivity contribution in [3.8, 4) is 0 Å². The molecule has 1 aromatic carbocycles. The topological polar surface area (TPSA) is 72.9 Å². The predicted molar refractivity (Wildman–Crippen MR) is 81.9 cm³/mol. The minimum atomic E-state index is -0.303. The van der Waals surface area contributed by atoms with Gasteiger partial charge < -0.3 is 11.1 Å². The average Bonchev–Trinajstić information content (AvgIpc) is 2.83. The number of rotatable bonds is 4. The molecular formula is C16H20N4O. The lowest BCUT2D eigenvalue weighted by atomic mass is 9.93. The van der Waals surface area contributed by atoms with Gasteiger partial charge in [-0.25, -0.2) is 0 Å². The van der Waals surface area contributed by atoms with E-state index in [9.17, 15) is 4.79 Å². The lowest BCUT2D eigenvalue weighted by molar-refractivity contribution is -0.117. The van der Waals surface area contributed by atoms with E-state index in [1.165, 1.54) is 17.7 Å². The van der Waals surface area contributed by atoms with Crippen molar-refractivity contribution in [3.63, 3.8) is 0 Å². The molecule has 5 heteroatoms. The molecule has 0 spiro atoms. The summed E-state index contributed by atoms with van der Waals surface area (Å²) in [5, 5.41) is 7.92. The predicted octanol–water partition coefficient (Wildman–Crippen LogP) is 1.94. The molecule has 1 atom stereocenters. The Hall–Kier alpha value is -2.30. The van der Waals surface area contributed by atoms with Crippen molar-refractivity contribution in [2.45, 2.75) is 31.7 Å². The molecule has 21 heavy (non-hydrogen) atoms. The maximum Gasteiger partial charge on any atom is 0.221 e. The van der Waals surface area contributed by atoms with Crippen LogP contribution in [0.3, 0.4) is 0 Å². The smallest absolute Gasteiger partial charge is 0.221 e. The van der Waals surface area contributed by atoms with Crippen LogP contribution in [0.15, 0.2) is 30.5 Å². The molecule has 1 aliphatic rings. The summed E-state index contributed by atoms with van der Waals surface area (Å²) in [6.45, 7) is 0. The quantitative estimate of drug-likeness (QED) is 0.901. The van der Waals surface area contributed by atoms with Crippen LogP contribution in [0.2, 0.25) is 0 Å². The standard InChI is InChI=1S/C16H20N4O/c1-20-15-4-2-3-14(13(15)10-18-20)19-12-7-5-11(6-8-12)9-16(17)21/h5-8,10,14,19H,2-4,9H2,1H3,(H2,17,21). The number of carbonyl (C=O) groups excluding carboxylic acids is 1. The second kappa shape index (κ2) is 5.60. The highest BCUT2D eigenvalue weighted by Crippen LogP contribution is 2.32.